The van der Waals surface area contributed by atoms with E-state index in [1.165, 1.54) is 25.6 Å². The Hall–Kier alpha value is -5.30. The van der Waals surface area contributed by atoms with Crippen LogP contribution in [-0.4, -0.2) is 73.7 Å². The van der Waals surface area contributed by atoms with Crippen molar-refractivity contribution in [1.29, 1.82) is 0 Å². The van der Waals surface area contributed by atoms with Gasteiger partial charge in [-0.1, -0.05) is 19.9 Å². The summed E-state index contributed by atoms with van der Waals surface area (Å²) in [5, 5.41) is 6.85. The molecule has 0 unspecified atom stereocenters. The first kappa shape index (κ1) is 35.5. The van der Waals surface area contributed by atoms with E-state index in [1.807, 2.05) is 13.0 Å². The number of likely N-dealkylation sites (tertiary alicyclic amines) is 1. The monoisotopic (exact) mass is 714 g/mol. The van der Waals surface area contributed by atoms with Crippen LogP contribution in [-0.2, 0) is 11.3 Å². The number of aryl methyl sites for hydroxylation is 1. The van der Waals surface area contributed by atoms with Crippen molar-refractivity contribution < 1.29 is 38.1 Å². The van der Waals surface area contributed by atoms with Gasteiger partial charge in [-0.2, -0.15) is 0 Å². The summed E-state index contributed by atoms with van der Waals surface area (Å²) in [6, 6.07) is 17.3. The first-order chi connectivity index (χ1) is 24.6. The molecule has 11 rings (SSSR count). The second kappa shape index (κ2) is 15.3. The number of rotatable bonds is 4. The maximum Gasteiger partial charge on any atom is 0.265 e. The largest absolute Gasteiger partial charge is 0.493 e. The zero-order valence-electron chi connectivity index (χ0n) is 29.4. The molecule has 12 nitrogen and oxygen atoms in total. The fraction of sp³-hybridized carbons (Fsp3) is 0.368. The molecule has 268 valence electrons. The minimum Gasteiger partial charge on any atom is -0.493 e. The van der Waals surface area contributed by atoms with Crippen LogP contribution in [0.3, 0.4) is 0 Å². The zero-order valence-corrected chi connectivity index (χ0v) is 30.2. The Morgan fingerprint density at radius 3 is 2.25 bits per heavy atom. The summed E-state index contributed by atoms with van der Waals surface area (Å²) in [6.45, 7) is 7.33. The summed E-state index contributed by atoms with van der Waals surface area (Å²) in [6.07, 6.45) is 0.571. The van der Waals surface area contributed by atoms with Crippen molar-refractivity contribution in [3.05, 3.63) is 87.4 Å². The smallest absolute Gasteiger partial charge is 0.265 e. The summed E-state index contributed by atoms with van der Waals surface area (Å²) in [5.74, 6) is 2.28. The predicted octanol–water partition coefficient (Wildman–Crippen LogP) is 5.88. The third-order valence-electron chi connectivity index (χ3n) is 8.89. The molecule has 0 aliphatic carbocycles. The van der Waals surface area contributed by atoms with E-state index in [1.54, 1.807) is 59.5 Å². The highest BCUT2D eigenvalue weighted by Crippen LogP contribution is 2.38. The van der Waals surface area contributed by atoms with Gasteiger partial charge < -0.3 is 39.2 Å². The number of methoxy groups -OCH3 is 2. The Balaban J connectivity index is 1.26. The predicted molar refractivity (Wildman–Crippen MR) is 192 cm³/mol. The summed E-state index contributed by atoms with van der Waals surface area (Å²) in [5.41, 5.74) is 0.664. The van der Waals surface area contributed by atoms with Crippen molar-refractivity contribution in [1.82, 2.24) is 20.5 Å². The minimum atomic E-state index is -1.24. The molecule has 4 aromatic rings. The number of aromatic nitrogens is 1. The number of benzene rings is 3. The van der Waals surface area contributed by atoms with Crippen molar-refractivity contribution in [3.63, 3.8) is 0 Å². The summed E-state index contributed by atoms with van der Waals surface area (Å²) in [4.78, 5) is 47.6. The van der Waals surface area contributed by atoms with Crippen LogP contribution in [0.2, 0.25) is 0 Å². The van der Waals surface area contributed by atoms with Crippen molar-refractivity contribution >= 4 is 29.1 Å². The Morgan fingerprint density at radius 1 is 0.922 bits per heavy atom. The highest BCUT2D eigenvalue weighted by atomic mass is 32.1. The van der Waals surface area contributed by atoms with Gasteiger partial charge in [0.15, 0.2) is 28.6 Å². The van der Waals surface area contributed by atoms with Gasteiger partial charge in [-0.25, -0.2) is 4.98 Å². The third kappa shape index (κ3) is 7.88. The van der Waals surface area contributed by atoms with Crippen LogP contribution in [0, 0.1) is 6.92 Å². The molecule has 1 aromatic heterocycles. The number of nitrogens with zero attached hydrogens (tertiary/aromatic N) is 2. The van der Waals surface area contributed by atoms with Crippen LogP contribution >= 0.6 is 11.3 Å². The summed E-state index contributed by atoms with van der Waals surface area (Å²) < 4.78 is 29.7. The van der Waals surface area contributed by atoms with E-state index >= 15 is 0 Å². The lowest BCUT2D eigenvalue weighted by atomic mass is 9.89. The first-order valence-electron chi connectivity index (χ1n) is 16.9. The second-order valence-electron chi connectivity index (χ2n) is 12.7. The van der Waals surface area contributed by atoms with Gasteiger partial charge in [-0.05, 0) is 67.1 Å². The molecule has 13 heteroatoms. The molecule has 7 aliphatic heterocycles. The lowest BCUT2D eigenvalue weighted by Crippen LogP contribution is -2.58. The molecule has 1 saturated heterocycles. The highest BCUT2D eigenvalue weighted by molar-refractivity contribution is 7.13. The maximum atomic E-state index is 14.1. The Bertz CT molecular complexity index is 1900. The van der Waals surface area contributed by atoms with Crippen LogP contribution < -0.4 is 34.3 Å². The fourth-order valence-corrected chi connectivity index (χ4v) is 7.02. The van der Waals surface area contributed by atoms with E-state index < -0.39 is 5.60 Å². The van der Waals surface area contributed by atoms with Gasteiger partial charge in [-0.15, -0.1) is 11.3 Å². The molecule has 1 fully saturated rings. The molecule has 0 saturated carbocycles. The lowest BCUT2D eigenvalue weighted by Gasteiger charge is -2.40. The number of carbonyl (C=O) groups is 3. The van der Waals surface area contributed by atoms with Crippen molar-refractivity contribution in [3.8, 4) is 34.5 Å². The van der Waals surface area contributed by atoms with E-state index in [0.717, 1.165) is 16.3 Å². The van der Waals surface area contributed by atoms with Gasteiger partial charge in [0.25, 0.3) is 17.7 Å². The van der Waals surface area contributed by atoms with Crippen LogP contribution in [0.5, 0.6) is 34.5 Å². The third-order valence-corrected chi connectivity index (χ3v) is 10.3. The molecule has 51 heavy (non-hydrogen) atoms. The standard InChI is InChI=1S/C38H42N4O8S/c1-23(2)35-41-24(3)33(51-35)36(44)42-17-14-38(15-18-42)37(45)40-22-25-6-12-29(31(20-25)46-4)49-30-13-7-26(21-32(30)47-5)34(43)39-16-19-48-27-8-10-28(50-38)11-9-27/h6-13,20-21,23H,14-19,22H2,1-5H3,(H,39,43)(H,40,45). The molecule has 0 radical (unpaired) electrons. The first-order valence-corrected chi connectivity index (χ1v) is 17.7. The SMILES string of the molecule is COc1cc2ccc1Oc1ccc(cc1OC)C(=O)NCCOc1ccc(cc1)OC1(CCN(C(=O)c3sc(C(C)C)nc3C)CC1)C(=O)NC2. The number of hydrogen-bond donors (Lipinski definition) is 2. The maximum absolute atomic E-state index is 14.1. The topological polar surface area (TPSA) is 138 Å². The Kier molecular flexibility index (Phi) is 10.7. The lowest BCUT2D eigenvalue weighted by molar-refractivity contribution is -0.141. The van der Waals surface area contributed by atoms with Gasteiger partial charge in [0.1, 0.15) is 23.0 Å². The molecule has 1 spiro atoms. The zero-order chi connectivity index (χ0) is 36.1. The quantitative estimate of drug-likeness (QED) is 0.266. The molecular weight excluding hydrogens is 673 g/mol. The normalized spacial score (nSPS) is 16.2. The number of ether oxygens (including phenoxy) is 5. The molecule has 0 atom stereocenters. The Labute approximate surface area is 301 Å². The van der Waals surface area contributed by atoms with Crippen molar-refractivity contribution in [2.45, 2.75) is 51.7 Å². The van der Waals surface area contributed by atoms with Crippen molar-refractivity contribution in [2.75, 3.05) is 40.5 Å². The minimum absolute atomic E-state index is 0.0816. The van der Waals surface area contributed by atoms with Crippen LogP contribution in [0.4, 0.5) is 0 Å². The molecule has 6 bridgehead atoms. The van der Waals surface area contributed by atoms with Gasteiger partial charge in [0.2, 0.25) is 0 Å². The Morgan fingerprint density at radius 2 is 1.59 bits per heavy atom. The van der Waals surface area contributed by atoms with Crippen LogP contribution in [0.15, 0.2) is 60.7 Å². The van der Waals surface area contributed by atoms with Gasteiger partial charge in [0.05, 0.1) is 31.5 Å². The van der Waals surface area contributed by atoms with Crippen molar-refractivity contribution in [2.24, 2.45) is 0 Å². The molecule has 3 aromatic carbocycles. The number of thiazole rings is 1. The van der Waals surface area contributed by atoms with E-state index in [4.69, 9.17) is 23.7 Å². The number of amides is 3. The van der Waals surface area contributed by atoms with E-state index in [9.17, 15) is 14.4 Å². The van der Waals surface area contributed by atoms with Gasteiger partial charge in [0, 0.05) is 44.0 Å². The van der Waals surface area contributed by atoms with Gasteiger partial charge >= 0.3 is 0 Å². The number of nitrogens with one attached hydrogen (secondary N) is 2. The summed E-state index contributed by atoms with van der Waals surface area (Å²) in [7, 11) is 3.04. The number of carbonyl (C=O) groups excluding carboxylic acids is 3. The van der Waals surface area contributed by atoms with E-state index in [0.29, 0.717) is 58.0 Å². The molecule has 7 aliphatic rings. The molecule has 8 heterocycles. The highest BCUT2D eigenvalue weighted by Gasteiger charge is 2.45. The van der Waals surface area contributed by atoms with E-state index in [-0.39, 0.29) is 56.2 Å². The summed E-state index contributed by atoms with van der Waals surface area (Å²) >= 11 is 1.43. The number of hydrogen-bond acceptors (Lipinski definition) is 10. The van der Waals surface area contributed by atoms with Crippen LogP contribution in [0.25, 0.3) is 0 Å². The van der Waals surface area contributed by atoms with E-state index in [2.05, 4.69) is 29.5 Å². The average Bonchev–Trinajstić information content (AvgIpc) is 3.54. The molecular formula is C38H42N4O8S. The fourth-order valence-electron chi connectivity index (χ4n) is 5.98. The van der Waals surface area contributed by atoms with Gasteiger partial charge in [-0.3, -0.25) is 14.4 Å². The second-order valence-corrected chi connectivity index (χ2v) is 13.8. The molecule has 2 N–H and O–H groups in total. The molecule has 3 amide bonds. The number of piperidine rings is 1. The average molecular weight is 715 g/mol. The van der Waals surface area contributed by atoms with Crippen LogP contribution in [0.1, 0.15) is 68.9 Å².